The van der Waals surface area contributed by atoms with Crippen molar-refractivity contribution >= 4 is 55.8 Å². The summed E-state index contributed by atoms with van der Waals surface area (Å²) in [6, 6.07) is 10.9. The van der Waals surface area contributed by atoms with Crippen LogP contribution in [-0.2, 0) is 4.79 Å². The van der Waals surface area contributed by atoms with E-state index in [1.807, 2.05) is 24.0 Å². The fraction of sp³-hybridized carbons (Fsp3) is 0.300. The van der Waals surface area contributed by atoms with Gasteiger partial charge in [0.1, 0.15) is 5.75 Å². The van der Waals surface area contributed by atoms with Crippen molar-refractivity contribution in [1.29, 1.82) is 0 Å². The Morgan fingerprint density at radius 1 is 1.11 bits per heavy atom. The number of halogens is 2. The highest BCUT2D eigenvalue weighted by molar-refractivity contribution is 7.22. The highest BCUT2D eigenvalue weighted by atomic mass is 35.5. The first-order valence-electron chi connectivity index (χ1n) is 8.98. The van der Waals surface area contributed by atoms with Crippen molar-refractivity contribution in [3.05, 3.63) is 52.0 Å². The Labute approximate surface area is 177 Å². The molecule has 0 saturated carbocycles. The molecule has 3 aromatic rings. The van der Waals surface area contributed by atoms with Gasteiger partial charge in [0.2, 0.25) is 0 Å². The number of hydrogen-bond donors (Lipinski definition) is 0. The number of amides is 1. The van der Waals surface area contributed by atoms with E-state index >= 15 is 0 Å². The van der Waals surface area contributed by atoms with Crippen molar-refractivity contribution < 1.29 is 9.53 Å². The van der Waals surface area contributed by atoms with Gasteiger partial charge < -0.3 is 14.5 Å². The van der Waals surface area contributed by atoms with Gasteiger partial charge in [-0.25, -0.2) is 4.98 Å². The number of thiazole rings is 1. The topological polar surface area (TPSA) is 45.7 Å². The molecule has 1 aliphatic rings. The lowest BCUT2D eigenvalue weighted by atomic mass is 10.2. The number of benzene rings is 2. The molecule has 4 rings (SSSR count). The molecule has 0 spiro atoms. The largest absolute Gasteiger partial charge is 0.484 e. The SMILES string of the molecule is Cc1ccc(Cl)c2sc(N3CCN(C(=O)COc4ccc(Cl)cc4)CC3)nc12. The lowest BCUT2D eigenvalue weighted by Gasteiger charge is -2.34. The normalized spacial score (nSPS) is 14.5. The van der Waals surface area contributed by atoms with E-state index in [0.29, 0.717) is 23.9 Å². The Morgan fingerprint density at radius 3 is 2.50 bits per heavy atom. The van der Waals surface area contributed by atoms with E-state index in [2.05, 4.69) is 4.90 Å². The molecular weight excluding hydrogens is 417 g/mol. The maximum absolute atomic E-state index is 12.4. The highest BCUT2D eigenvalue weighted by Gasteiger charge is 2.24. The number of aromatic nitrogens is 1. The summed E-state index contributed by atoms with van der Waals surface area (Å²) in [5, 5.41) is 2.33. The molecule has 0 atom stereocenters. The number of aryl methyl sites for hydroxylation is 1. The van der Waals surface area contributed by atoms with Crippen LogP contribution < -0.4 is 9.64 Å². The van der Waals surface area contributed by atoms with Crippen LogP contribution in [0.3, 0.4) is 0 Å². The summed E-state index contributed by atoms with van der Waals surface area (Å²) in [6.45, 7) is 4.83. The zero-order valence-corrected chi connectivity index (χ0v) is 17.7. The van der Waals surface area contributed by atoms with Crippen LogP contribution in [0.1, 0.15) is 5.56 Å². The molecule has 2 heterocycles. The molecule has 8 heteroatoms. The maximum atomic E-state index is 12.4. The Kier molecular flexibility index (Phi) is 5.62. The van der Waals surface area contributed by atoms with Crippen LogP contribution in [0.15, 0.2) is 36.4 Å². The number of carbonyl (C=O) groups is 1. The minimum Gasteiger partial charge on any atom is -0.484 e. The third-order valence-electron chi connectivity index (χ3n) is 4.76. The Hall–Kier alpha value is -2.02. The number of fused-ring (bicyclic) bond motifs is 1. The van der Waals surface area contributed by atoms with Crippen LogP contribution in [0.5, 0.6) is 5.75 Å². The summed E-state index contributed by atoms with van der Waals surface area (Å²) >= 11 is 13.8. The molecule has 5 nitrogen and oxygen atoms in total. The molecule has 0 bridgehead atoms. The number of ether oxygens (including phenoxy) is 1. The third kappa shape index (κ3) is 4.04. The predicted molar refractivity (Wildman–Crippen MR) is 115 cm³/mol. The van der Waals surface area contributed by atoms with E-state index in [1.165, 1.54) is 0 Å². The number of nitrogens with zero attached hydrogens (tertiary/aromatic N) is 3. The molecule has 1 aliphatic heterocycles. The second-order valence-corrected chi connectivity index (χ2v) is 8.47. The van der Waals surface area contributed by atoms with Gasteiger partial charge in [-0.3, -0.25) is 4.79 Å². The van der Waals surface area contributed by atoms with Crippen molar-refractivity contribution in [2.45, 2.75) is 6.92 Å². The summed E-state index contributed by atoms with van der Waals surface area (Å²) in [4.78, 5) is 21.3. The second-order valence-electron chi connectivity index (χ2n) is 6.65. The number of anilines is 1. The van der Waals surface area contributed by atoms with Crippen molar-refractivity contribution in [1.82, 2.24) is 9.88 Å². The van der Waals surface area contributed by atoms with E-state index in [9.17, 15) is 4.79 Å². The monoisotopic (exact) mass is 435 g/mol. The molecule has 1 fully saturated rings. The number of piperazine rings is 1. The number of carbonyl (C=O) groups excluding carboxylic acids is 1. The smallest absolute Gasteiger partial charge is 0.260 e. The highest BCUT2D eigenvalue weighted by Crippen LogP contribution is 2.35. The predicted octanol–water partition coefficient (Wildman–Crippen LogP) is 4.64. The van der Waals surface area contributed by atoms with Crippen LogP contribution >= 0.6 is 34.5 Å². The van der Waals surface area contributed by atoms with Crippen molar-refractivity contribution in [2.24, 2.45) is 0 Å². The van der Waals surface area contributed by atoms with Gasteiger partial charge >= 0.3 is 0 Å². The Morgan fingerprint density at radius 2 is 1.82 bits per heavy atom. The molecule has 0 aliphatic carbocycles. The first-order valence-corrected chi connectivity index (χ1v) is 10.6. The molecule has 0 N–H and O–H groups in total. The molecule has 146 valence electrons. The quantitative estimate of drug-likeness (QED) is 0.598. The fourth-order valence-corrected chi connectivity index (χ4v) is 4.63. The van der Waals surface area contributed by atoms with E-state index in [1.54, 1.807) is 35.6 Å². The van der Waals surface area contributed by atoms with Crippen molar-refractivity contribution in [3.8, 4) is 5.75 Å². The molecule has 1 amide bonds. The van der Waals surface area contributed by atoms with Crippen LogP contribution in [0, 0.1) is 6.92 Å². The van der Waals surface area contributed by atoms with Gasteiger partial charge in [-0.15, -0.1) is 0 Å². The fourth-order valence-electron chi connectivity index (χ4n) is 3.14. The Balaban J connectivity index is 1.35. The van der Waals surface area contributed by atoms with Crippen LogP contribution in [0.25, 0.3) is 10.2 Å². The molecule has 1 saturated heterocycles. The van der Waals surface area contributed by atoms with Crippen molar-refractivity contribution in [3.63, 3.8) is 0 Å². The van der Waals surface area contributed by atoms with Gasteiger partial charge in [0.15, 0.2) is 11.7 Å². The average molecular weight is 436 g/mol. The summed E-state index contributed by atoms with van der Waals surface area (Å²) in [7, 11) is 0. The van der Waals surface area contributed by atoms with E-state index in [4.69, 9.17) is 32.9 Å². The minimum atomic E-state index is -0.0159. The molecule has 2 aromatic carbocycles. The Bertz CT molecular complexity index is 960. The second kappa shape index (κ2) is 8.15. The molecular formula is C20H19Cl2N3O2S. The van der Waals surface area contributed by atoms with Gasteiger partial charge in [-0.05, 0) is 42.8 Å². The summed E-state index contributed by atoms with van der Waals surface area (Å²) in [5.74, 6) is 0.621. The number of rotatable bonds is 4. The summed E-state index contributed by atoms with van der Waals surface area (Å²) in [6.07, 6.45) is 0. The standard InChI is InChI=1S/C20H19Cl2N3O2S/c1-13-2-7-16(22)19-18(13)23-20(28-19)25-10-8-24(9-11-25)17(26)12-27-15-5-3-14(21)4-6-15/h2-7H,8-12H2,1H3. The van der Waals surface area contributed by atoms with Gasteiger partial charge in [0, 0.05) is 31.2 Å². The van der Waals surface area contributed by atoms with E-state index in [-0.39, 0.29) is 12.5 Å². The van der Waals surface area contributed by atoms with Crippen LogP contribution in [0.4, 0.5) is 5.13 Å². The molecule has 0 radical (unpaired) electrons. The average Bonchev–Trinajstić information content (AvgIpc) is 3.17. The van der Waals surface area contributed by atoms with Gasteiger partial charge in [-0.1, -0.05) is 40.6 Å². The van der Waals surface area contributed by atoms with Gasteiger partial charge in [0.25, 0.3) is 5.91 Å². The lowest BCUT2D eigenvalue weighted by molar-refractivity contribution is -0.133. The van der Waals surface area contributed by atoms with E-state index < -0.39 is 0 Å². The van der Waals surface area contributed by atoms with Gasteiger partial charge in [0.05, 0.1) is 15.2 Å². The zero-order chi connectivity index (χ0) is 19.7. The first-order chi connectivity index (χ1) is 13.5. The summed E-state index contributed by atoms with van der Waals surface area (Å²) < 4.78 is 6.59. The zero-order valence-electron chi connectivity index (χ0n) is 15.3. The van der Waals surface area contributed by atoms with Gasteiger partial charge in [-0.2, -0.15) is 0 Å². The lowest BCUT2D eigenvalue weighted by Crippen LogP contribution is -2.50. The molecule has 1 aromatic heterocycles. The minimum absolute atomic E-state index is 0.0159. The summed E-state index contributed by atoms with van der Waals surface area (Å²) in [5.41, 5.74) is 2.08. The van der Waals surface area contributed by atoms with E-state index in [0.717, 1.165) is 39.0 Å². The molecule has 28 heavy (non-hydrogen) atoms. The maximum Gasteiger partial charge on any atom is 0.260 e. The first kappa shape index (κ1) is 19.3. The van der Waals surface area contributed by atoms with Crippen LogP contribution in [0.2, 0.25) is 10.0 Å². The van der Waals surface area contributed by atoms with Crippen molar-refractivity contribution in [2.75, 3.05) is 37.7 Å². The van der Waals surface area contributed by atoms with Crippen LogP contribution in [-0.4, -0.2) is 48.6 Å². The number of hydrogen-bond acceptors (Lipinski definition) is 5. The third-order valence-corrected chi connectivity index (χ3v) is 6.59. The molecule has 0 unspecified atom stereocenters.